The number of hydrogen-bond donors (Lipinski definition) is 1. The summed E-state index contributed by atoms with van der Waals surface area (Å²) in [6.07, 6.45) is 0.788. The van der Waals surface area contributed by atoms with Gasteiger partial charge in [-0.3, -0.25) is 9.59 Å². The van der Waals surface area contributed by atoms with Crippen LogP contribution in [-0.2, 0) is 15.1 Å². The molecule has 2 amide bonds. The molecule has 0 bridgehead atoms. The average Bonchev–Trinajstić information content (AvgIpc) is 2.73. The van der Waals surface area contributed by atoms with Crippen molar-refractivity contribution in [1.29, 1.82) is 0 Å². The van der Waals surface area contributed by atoms with Crippen molar-refractivity contribution < 1.29 is 9.59 Å². The SMILES string of the molecule is CC(=O)N1CCCN(C(=O)C(C)(N)c2ccccc2)CC1.Cl. The predicted octanol–water partition coefficient (Wildman–Crippen LogP) is 1.36. The molecule has 0 radical (unpaired) electrons. The third-order valence-electron chi connectivity index (χ3n) is 4.05. The second kappa shape index (κ2) is 7.61. The normalized spacial score (nSPS) is 18.0. The number of rotatable bonds is 2. The van der Waals surface area contributed by atoms with Crippen molar-refractivity contribution in [3.8, 4) is 0 Å². The van der Waals surface area contributed by atoms with E-state index in [0.29, 0.717) is 26.2 Å². The summed E-state index contributed by atoms with van der Waals surface area (Å²) in [5, 5.41) is 0. The Balaban J connectivity index is 0.00000242. The maximum absolute atomic E-state index is 12.7. The lowest BCUT2D eigenvalue weighted by atomic mass is 9.91. The van der Waals surface area contributed by atoms with E-state index in [4.69, 9.17) is 5.73 Å². The third kappa shape index (κ3) is 3.99. The van der Waals surface area contributed by atoms with Crippen molar-refractivity contribution in [3.63, 3.8) is 0 Å². The first-order chi connectivity index (χ1) is 9.93. The molecule has 2 rings (SSSR count). The smallest absolute Gasteiger partial charge is 0.247 e. The standard InChI is InChI=1S/C16H23N3O2.ClH/c1-13(20)18-9-6-10-19(12-11-18)15(21)16(2,17)14-7-4-3-5-8-14;/h3-5,7-8H,6,9-12,17H2,1-2H3;1H. The Labute approximate surface area is 137 Å². The summed E-state index contributed by atoms with van der Waals surface area (Å²) < 4.78 is 0. The van der Waals surface area contributed by atoms with Gasteiger partial charge in [-0.15, -0.1) is 12.4 Å². The Morgan fingerprint density at radius 3 is 2.18 bits per heavy atom. The molecule has 22 heavy (non-hydrogen) atoms. The minimum atomic E-state index is -1.04. The molecule has 5 nitrogen and oxygen atoms in total. The molecule has 0 saturated carbocycles. The third-order valence-corrected chi connectivity index (χ3v) is 4.05. The molecule has 6 heteroatoms. The van der Waals surface area contributed by atoms with Gasteiger partial charge in [0.05, 0.1) is 0 Å². The zero-order valence-electron chi connectivity index (χ0n) is 13.1. The maximum atomic E-state index is 12.7. The van der Waals surface area contributed by atoms with Gasteiger partial charge in [0.2, 0.25) is 11.8 Å². The first-order valence-corrected chi connectivity index (χ1v) is 7.32. The highest BCUT2D eigenvalue weighted by molar-refractivity contribution is 5.87. The number of amides is 2. The molecule has 0 aliphatic carbocycles. The summed E-state index contributed by atoms with van der Waals surface area (Å²) in [4.78, 5) is 27.7. The van der Waals surface area contributed by atoms with E-state index >= 15 is 0 Å². The average molecular weight is 326 g/mol. The van der Waals surface area contributed by atoms with Crippen LogP contribution in [0.4, 0.5) is 0 Å². The Morgan fingerprint density at radius 1 is 1.05 bits per heavy atom. The van der Waals surface area contributed by atoms with E-state index < -0.39 is 5.54 Å². The van der Waals surface area contributed by atoms with E-state index in [1.165, 1.54) is 0 Å². The minimum Gasteiger partial charge on any atom is -0.341 e. The zero-order valence-corrected chi connectivity index (χ0v) is 13.9. The van der Waals surface area contributed by atoms with E-state index in [0.717, 1.165) is 12.0 Å². The lowest BCUT2D eigenvalue weighted by Crippen LogP contribution is -2.51. The van der Waals surface area contributed by atoms with Crippen molar-refractivity contribution in [2.45, 2.75) is 25.8 Å². The van der Waals surface area contributed by atoms with Crippen LogP contribution in [0.1, 0.15) is 25.8 Å². The van der Waals surface area contributed by atoms with E-state index in [2.05, 4.69) is 0 Å². The molecule has 2 N–H and O–H groups in total. The summed E-state index contributed by atoms with van der Waals surface area (Å²) in [5.74, 6) is -0.0260. The fourth-order valence-corrected chi connectivity index (χ4v) is 2.67. The number of carbonyl (C=O) groups is 2. The van der Waals surface area contributed by atoms with Gasteiger partial charge in [0, 0.05) is 33.1 Å². The van der Waals surface area contributed by atoms with Crippen LogP contribution in [0, 0.1) is 0 Å². The molecular weight excluding hydrogens is 302 g/mol. The zero-order chi connectivity index (χ0) is 15.5. The summed E-state index contributed by atoms with van der Waals surface area (Å²) in [7, 11) is 0. The first kappa shape index (κ1) is 18.5. The highest BCUT2D eigenvalue weighted by Crippen LogP contribution is 2.21. The second-order valence-corrected chi connectivity index (χ2v) is 5.72. The van der Waals surface area contributed by atoms with Crippen LogP contribution in [-0.4, -0.2) is 47.8 Å². The largest absolute Gasteiger partial charge is 0.341 e. The van der Waals surface area contributed by atoms with Crippen LogP contribution in [0.3, 0.4) is 0 Å². The topological polar surface area (TPSA) is 66.6 Å². The second-order valence-electron chi connectivity index (χ2n) is 5.72. The van der Waals surface area contributed by atoms with Gasteiger partial charge in [0.25, 0.3) is 0 Å². The molecule has 1 heterocycles. The van der Waals surface area contributed by atoms with Crippen molar-refractivity contribution >= 4 is 24.2 Å². The molecule has 1 aromatic rings. The van der Waals surface area contributed by atoms with Crippen molar-refractivity contribution in [2.24, 2.45) is 5.73 Å². The van der Waals surface area contributed by atoms with E-state index in [-0.39, 0.29) is 24.2 Å². The monoisotopic (exact) mass is 325 g/mol. The first-order valence-electron chi connectivity index (χ1n) is 7.32. The van der Waals surface area contributed by atoms with Crippen molar-refractivity contribution in [2.75, 3.05) is 26.2 Å². The highest BCUT2D eigenvalue weighted by Gasteiger charge is 2.35. The molecule has 1 aliphatic rings. The Morgan fingerprint density at radius 2 is 1.59 bits per heavy atom. The molecule has 1 fully saturated rings. The quantitative estimate of drug-likeness (QED) is 0.893. The van der Waals surface area contributed by atoms with Crippen LogP contribution < -0.4 is 5.73 Å². The van der Waals surface area contributed by atoms with Crippen LogP contribution in [0.15, 0.2) is 30.3 Å². The predicted molar refractivity (Wildman–Crippen MR) is 88.7 cm³/mol. The Hall–Kier alpha value is -1.59. The van der Waals surface area contributed by atoms with Gasteiger partial charge in [-0.05, 0) is 18.9 Å². The van der Waals surface area contributed by atoms with Gasteiger partial charge >= 0.3 is 0 Å². The van der Waals surface area contributed by atoms with Crippen LogP contribution in [0.5, 0.6) is 0 Å². The molecule has 0 aromatic heterocycles. The maximum Gasteiger partial charge on any atom is 0.247 e. The van der Waals surface area contributed by atoms with Crippen molar-refractivity contribution in [1.82, 2.24) is 9.80 Å². The molecule has 122 valence electrons. The van der Waals surface area contributed by atoms with Gasteiger partial charge in [-0.25, -0.2) is 0 Å². The summed E-state index contributed by atoms with van der Waals surface area (Å²) in [5.41, 5.74) is 6.06. The number of carbonyl (C=O) groups excluding carboxylic acids is 2. The number of benzene rings is 1. The molecule has 1 aromatic carbocycles. The number of nitrogens with zero attached hydrogens (tertiary/aromatic N) is 2. The molecule has 1 atom stereocenters. The lowest BCUT2D eigenvalue weighted by Gasteiger charge is -2.31. The van der Waals surface area contributed by atoms with E-state index in [1.807, 2.05) is 30.3 Å². The number of hydrogen-bond acceptors (Lipinski definition) is 3. The van der Waals surface area contributed by atoms with Crippen molar-refractivity contribution in [3.05, 3.63) is 35.9 Å². The van der Waals surface area contributed by atoms with Gasteiger partial charge in [-0.1, -0.05) is 30.3 Å². The number of nitrogens with two attached hydrogens (primary N) is 1. The minimum absolute atomic E-state index is 0. The lowest BCUT2D eigenvalue weighted by molar-refractivity contribution is -0.137. The fourth-order valence-electron chi connectivity index (χ4n) is 2.67. The molecule has 1 unspecified atom stereocenters. The summed E-state index contributed by atoms with van der Waals surface area (Å²) >= 11 is 0. The Bertz CT molecular complexity index is 519. The van der Waals surface area contributed by atoms with Gasteiger partial charge in [0.15, 0.2) is 0 Å². The van der Waals surface area contributed by atoms with Crippen LogP contribution >= 0.6 is 12.4 Å². The van der Waals surface area contributed by atoms with Gasteiger partial charge in [0.1, 0.15) is 5.54 Å². The molecule has 0 spiro atoms. The molecule has 1 aliphatic heterocycles. The fraction of sp³-hybridized carbons (Fsp3) is 0.500. The van der Waals surface area contributed by atoms with E-state index in [1.54, 1.807) is 23.6 Å². The van der Waals surface area contributed by atoms with Gasteiger partial charge < -0.3 is 15.5 Å². The van der Waals surface area contributed by atoms with Crippen LogP contribution in [0.25, 0.3) is 0 Å². The summed E-state index contributed by atoms with van der Waals surface area (Å²) in [6, 6.07) is 9.41. The summed E-state index contributed by atoms with van der Waals surface area (Å²) in [6.45, 7) is 5.77. The van der Waals surface area contributed by atoms with Crippen LogP contribution in [0.2, 0.25) is 0 Å². The molecular formula is C16H24ClN3O2. The van der Waals surface area contributed by atoms with Gasteiger partial charge in [-0.2, -0.15) is 0 Å². The molecule has 1 saturated heterocycles. The Kier molecular flexibility index (Phi) is 6.38. The number of halogens is 1. The highest BCUT2D eigenvalue weighted by atomic mass is 35.5. The van der Waals surface area contributed by atoms with E-state index in [9.17, 15) is 9.59 Å².